The Morgan fingerprint density at radius 3 is 2.53 bits per heavy atom. The first-order valence-electron chi connectivity index (χ1n) is 10.2. The number of sulfonamides is 1. The summed E-state index contributed by atoms with van der Waals surface area (Å²) in [6.45, 7) is 5.93. The molecule has 1 aliphatic rings. The number of aromatic nitrogens is 4. The molecule has 8 heteroatoms. The van der Waals surface area contributed by atoms with Gasteiger partial charge in [0.1, 0.15) is 5.82 Å². The van der Waals surface area contributed by atoms with E-state index in [9.17, 15) is 8.42 Å². The van der Waals surface area contributed by atoms with Gasteiger partial charge in [-0.05, 0) is 69.0 Å². The maximum atomic E-state index is 13.6. The number of para-hydroxylation sites is 2. The average molecular weight is 422 g/mol. The summed E-state index contributed by atoms with van der Waals surface area (Å²) in [7, 11) is -3.81. The number of hydrogen-bond acceptors (Lipinski definition) is 5. The quantitative estimate of drug-likeness (QED) is 0.487. The smallest absolute Gasteiger partial charge is 0.265 e. The van der Waals surface area contributed by atoms with Crippen molar-refractivity contribution >= 4 is 32.5 Å². The van der Waals surface area contributed by atoms with E-state index >= 15 is 0 Å². The van der Waals surface area contributed by atoms with E-state index in [4.69, 9.17) is 4.98 Å². The van der Waals surface area contributed by atoms with Crippen molar-refractivity contribution < 1.29 is 8.42 Å². The van der Waals surface area contributed by atoms with Crippen LogP contribution in [0.5, 0.6) is 0 Å². The molecule has 0 atom stereocenters. The molecule has 0 amide bonds. The number of nitrogens with zero attached hydrogens (tertiary/aromatic N) is 5. The first-order chi connectivity index (χ1) is 14.4. The van der Waals surface area contributed by atoms with Gasteiger partial charge in [0.05, 0.1) is 15.9 Å². The highest BCUT2D eigenvalue weighted by molar-refractivity contribution is 7.92. The number of fused-ring (bicyclic) bond motifs is 3. The third kappa shape index (κ3) is 2.86. The molecule has 7 nitrogen and oxygen atoms in total. The molecular weight excluding hydrogens is 398 g/mol. The summed E-state index contributed by atoms with van der Waals surface area (Å²) < 4.78 is 30.5. The number of aryl methyl sites for hydroxylation is 2. The SMILES string of the molecule is CCN(c1nc2ccccc2n2c(C3CC3)nnc12)S(=O)(=O)c1ccc(C)c(C)c1. The minimum Gasteiger partial charge on any atom is -0.274 e. The highest BCUT2D eigenvalue weighted by atomic mass is 32.2. The Labute approximate surface area is 175 Å². The van der Waals surface area contributed by atoms with Gasteiger partial charge in [-0.1, -0.05) is 18.2 Å². The van der Waals surface area contributed by atoms with E-state index < -0.39 is 10.0 Å². The fourth-order valence-electron chi connectivity index (χ4n) is 3.80. The van der Waals surface area contributed by atoms with Crippen LogP contribution in [0.25, 0.3) is 16.7 Å². The predicted molar refractivity (Wildman–Crippen MR) is 116 cm³/mol. The van der Waals surface area contributed by atoms with Gasteiger partial charge in [-0.15, -0.1) is 10.2 Å². The predicted octanol–water partition coefficient (Wildman–Crippen LogP) is 3.99. The highest BCUT2D eigenvalue weighted by Gasteiger charge is 2.33. The molecule has 0 unspecified atom stereocenters. The molecule has 154 valence electrons. The maximum Gasteiger partial charge on any atom is 0.265 e. The van der Waals surface area contributed by atoms with Crippen LogP contribution in [0.15, 0.2) is 47.4 Å². The summed E-state index contributed by atoms with van der Waals surface area (Å²) in [5, 5.41) is 8.80. The van der Waals surface area contributed by atoms with E-state index in [0.29, 0.717) is 17.4 Å². The fourth-order valence-corrected chi connectivity index (χ4v) is 5.31. The standard InChI is InChI=1S/C22H23N5O2S/c1-4-26(30(28,29)17-12-9-14(2)15(3)13-17)21-22-25-24-20(16-10-11-16)27(22)19-8-6-5-7-18(19)23-21/h5-9,12-13,16H,4,10-11H2,1-3H3. The third-order valence-corrected chi connectivity index (χ3v) is 7.63. The molecule has 2 heterocycles. The minimum atomic E-state index is -3.81. The van der Waals surface area contributed by atoms with Crippen molar-refractivity contribution in [1.29, 1.82) is 0 Å². The number of anilines is 1. The molecule has 30 heavy (non-hydrogen) atoms. The molecule has 2 aromatic heterocycles. The van der Waals surface area contributed by atoms with Crippen LogP contribution >= 0.6 is 0 Å². The van der Waals surface area contributed by atoms with Crippen LogP contribution in [0, 0.1) is 13.8 Å². The summed E-state index contributed by atoms with van der Waals surface area (Å²) >= 11 is 0. The Bertz CT molecular complexity index is 1390. The van der Waals surface area contributed by atoms with Crippen LogP contribution in [0.2, 0.25) is 0 Å². The molecule has 0 saturated heterocycles. The van der Waals surface area contributed by atoms with Gasteiger partial charge in [0.15, 0.2) is 5.82 Å². The van der Waals surface area contributed by atoms with Crippen molar-refractivity contribution in [3.05, 3.63) is 59.4 Å². The first-order valence-corrected chi connectivity index (χ1v) is 11.6. The summed E-state index contributed by atoms with van der Waals surface area (Å²) in [5.41, 5.74) is 4.07. The molecule has 2 aromatic carbocycles. The minimum absolute atomic E-state index is 0.238. The van der Waals surface area contributed by atoms with Crippen molar-refractivity contribution in [2.75, 3.05) is 10.8 Å². The van der Waals surface area contributed by atoms with Crippen LogP contribution in [-0.2, 0) is 10.0 Å². The zero-order valence-electron chi connectivity index (χ0n) is 17.2. The van der Waals surface area contributed by atoms with Crippen LogP contribution < -0.4 is 4.31 Å². The number of hydrogen-bond donors (Lipinski definition) is 0. The Morgan fingerprint density at radius 2 is 1.83 bits per heavy atom. The normalized spacial score (nSPS) is 14.5. The number of benzene rings is 2. The zero-order valence-corrected chi connectivity index (χ0v) is 18.0. The second-order valence-corrected chi connectivity index (χ2v) is 9.69. The first kappa shape index (κ1) is 19.0. The van der Waals surface area contributed by atoms with Gasteiger partial charge < -0.3 is 0 Å². The van der Waals surface area contributed by atoms with Crippen LogP contribution in [0.3, 0.4) is 0 Å². The van der Waals surface area contributed by atoms with Crippen LogP contribution in [0.4, 0.5) is 5.82 Å². The van der Waals surface area contributed by atoms with E-state index in [1.54, 1.807) is 12.1 Å². The lowest BCUT2D eigenvalue weighted by Gasteiger charge is -2.23. The Morgan fingerprint density at radius 1 is 1.07 bits per heavy atom. The van der Waals surface area contributed by atoms with E-state index in [-0.39, 0.29) is 11.4 Å². The lowest BCUT2D eigenvalue weighted by Crippen LogP contribution is -2.32. The van der Waals surface area contributed by atoms with Crippen molar-refractivity contribution in [1.82, 2.24) is 19.6 Å². The Hall–Kier alpha value is -3.00. The van der Waals surface area contributed by atoms with Crippen molar-refractivity contribution in [3.63, 3.8) is 0 Å². The summed E-state index contributed by atoms with van der Waals surface area (Å²) in [6, 6.07) is 12.9. The second-order valence-electron chi connectivity index (χ2n) is 7.83. The van der Waals surface area contributed by atoms with Gasteiger partial charge in [-0.25, -0.2) is 17.7 Å². The van der Waals surface area contributed by atoms with Gasteiger partial charge in [0.2, 0.25) is 5.65 Å². The van der Waals surface area contributed by atoms with Gasteiger partial charge in [0, 0.05) is 12.5 Å². The topological polar surface area (TPSA) is 80.5 Å². The zero-order chi connectivity index (χ0) is 21.0. The van der Waals surface area contributed by atoms with Gasteiger partial charge in [-0.3, -0.25) is 4.40 Å². The monoisotopic (exact) mass is 421 g/mol. The van der Waals surface area contributed by atoms with Crippen LogP contribution in [0.1, 0.15) is 42.6 Å². The summed E-state index contributed by atoms with van der Waals surface area (Å²) in [5.74, 6) is 1.56. The molecule has 5 rings (SSSR count). The van der Waals surface area contributed by atoms with E-state index in [0.717, 1.165) is 40.8 Å². The molecule has 0 spiro atoms. The molecule has 0 N–H and O–H groups in total. The summed E-state index contributed by atoms with van der Waals surface area (Å²) in [6.07, 6.45) is 2.15. The Balaban J connectivity index is 1.76. The molecule has 0 bridgehead atoms. The molecule has 0 aliphatic heterocycles. The van der Waals surface area contributed by atoms with Crippen molar-refractivity contribution in [3.8, 4) is 0 Å². The van der Waals surface area contributed by atoms with E-state index in [1.807, 2.05) is 55.5 Å². The molecule has 1 fully saturated rings. The largest absolute Gasteiger partial charge is 0.274 e. The fraction of sp³-hybridized carbons (Fsp3) is 0.318. The molecule has 1 aliphatic carbocycles. The Kier molecular flexibility index (Phi) is 4.28. The van der Waals surface area contributed by atoms with E-state index in [2.05, 4.69) is 10.2 Å². The average Bonchev–Trinajstić information content (AvgIpc) is 3.48. The van der Waals surface area contributed by atoms with Crippen molar-refractivity contribution in [2.24, 2.45) is 0 Å². The van der Waals surface area contributed by atoms with Gasteiger partial charge in [0.25, 0.3) is 10.0 Å². The van der Waals surface area contributed by atoms with Gasteiger partial charge in [-0.2, -0.15) is 0 Å². The van der Waals surface area contributed by atoms with Crippen molar-refractivity contribution in [2.45, 2.75) is 44.4 Å². The molecule has 1 saturated carbocycles. The lowest BCUT2D eigenvalue weighted by molar-refractivity contribution is 0.591. The molecule has 0 radical (unpaired) electrons. The van der Waals surface area contributed by atoms with Crippen LogP contribution in [-0.4, -0.2) is 34.5 Å². The second kappa shape index (κ2) is 6.77. The third-order valence-electron chi connectivity index (χ3n) is 5.77. The van der Waals surface area contributed by atoms with Gasteiger partial charge >= 0.3 is 0 Å². The van der Waals surface area contributed by atoms with E-state index in [1.165, 1.54) is 4.31 Å². The highest BCUT2D eigenvalue weighted by Crippen LogP contribution is 2.41. The lowest BCUT2D eigenvalue weighted by atomic mass is 10.1. The number of rotatable bonds is 5. The molecular formula is C22H23N5O2S. The maximum absolute atomic E-state index is 13.6. The summed E-state index contributed by atoms with van der Waals surface area (Å²) in [4.78, 5) is 4.98. The molecule has 4 aromatic rings.